The van der Waals surface area contributed by atoms with Crippen LogP contribution in [0.25, 0.3) is 0 Å². The molecule has 81 valence electrons. The van der Waals surface area contributed by atoms with Gasteiger partial charge in [-0.25, -0.2) is 4.79 Å². The summed E-state index contributed by atoms with van der Waals surface area (Å²) in [5.41, 5.74) is 0. The van der Waals surface area contributed by atoms with Crippen molar-refractivity contribution in [3.05, 3.63) is 6.92 Å². The molecule has 1 radical (unpaired) electrons. The molecule has 0 aromatic heterocycles. The predicted octanol–water partition coefficient (Wildman–Crippen LogP) is 2.47. The van der Waals surface area contributed by atoms with Crippen LogP contribution in [-0.2, 0) is 4.74 Å². The number of likely N-dealkylation sites (tertiary alicyclic amines) is 1. The second-order valence-corrected chi connectivity index (χ2v) is 3.83. The monoisotopic (exact) mass is 198 g/mol. The molecule has 3 nitrogen and oxygen atoms in total. The largest absolute Gasteiger partial charge is 0.449 e. The van der Waals surface area contributed by atoms with E-state index in [4.69, 9.17) is 4.74 Å². The molecule has 0 aromatic carbocycles. The Morgan fingerprint density at radius 1 is 1.50 bits per heavy atom. The van der Waals surface area contributed by atoms with E-state index in [-0.39, 0.29) is 6.09 Å². The summed E-state index contributed by atoms with van der Waals surface area (Å²) in [5.74, 6) is 0.699. The first-order valence-corrected chi connectivity index (χ1v) is 5.48. The fourth-order valence-electron chi connectivity index (χ4n) is 1.68. The Labute approximate surface area is 86.4 Å². The van der Waals surface area contributed by atoms with Crippen molar-refractivity contribution in [2.75, 3.05) is 19.7 Å². The summed E-state index contributed by atoms with van der Waals surface area (Å²) >= 11 is 0. The van der Waals surface area contributed by atoms with Gasteiger partial charge in [-0.3, -0.25) is 0 Å². The number of hydrogen-bond acceptors (Lipinski definition) is 2. The highest BCUT2D eigenvalue weighted by molar-refractivity contribution is 5.67. The molecule has 0 aromatic rings. The first-order valence-electron chi connectivity index (χ1n) is 5.48. The number of carbonyl (C=O) groups is 1. The zero-order valence-corrected chi connectivity index (χ0v) is 9.00. The molecule has 1 rings (SSSR count). The number of nitrogens with zero attached hydrogens (tertiary/aromatic N) is 1. The van der Waals surface area contributed by atoms with Crippen molar-refractivity contribution in [3.63, 3.8) is 0 Å². The van der Waals surface area contributed by atoms with Gasteiger partial charge in [0.25, 0.3) is 0 Å². The van der Waals surface area contributed by atoms with Gasteiger partial charge < -0.3 is 9.64 Å². The Kier molecular flexibility index (Phi) is 4.77. The summed E-state index contributed by atoms with van der Waals surface area (Å²) in [6.07, 6.45) is 3.88. The van der Waals surface area contributed by atoms with Crippen molar-refractivity contribution in [1.29, 1.82) is 0 Å². The fraction of sp³-hybridized carbons (Fsp3) is 0.818. The highest BCUT2D eigenvalue weighted by Crippen LogP contribution is 2.20. The van der Waals surface area contributed by atoms with E-state index in [0.717, 1.165) is 38.8 Å². The van der Waals surface area contributed by atoms with Gasteiger partial charge in [-0.1, -0.05) is 20.3 Å². The molecule has 0 spiro atoms. The van der Waals surface area contributed by atoms with E-state index in [1.54, 1.807) is 0 Å². The molecule has 1 aliphatic rings. The van der Waals surface area contributed by atoms with Crippen LogP contribution < -0.4 is 0 Å². The number of piperidine rings is 1. The van der Waals surface area contributed by atoms with Crippen LogP contribution in [0.3, 0.4) is 0 Å². The Balaban J connectivity index is 2.23. The third-order valence-electron chi connectivity index (χ3n) is 2.71. The topological polar surface area (TPSA) is 29.5 Å². The van der Waals surface area contributed by atoms with Gasteiger partial charge in [0.1, 0.15) is 0 Å². The van der Waals surface area contributed by atoms with Gasteiger partial charge >= 0.3 is 6.09 Å². The summed E-state index contributed by atoms with van der Waals surface area (Å²) in [4.78, 5) is 13.2. The molecule has 3 heteroatoms. The Bertz CT molecular complexity index is 174. The minimum Gasteiger partial charge on any atom is -0.449 e. The molecule has 1 aliphatic heterocycles. The maximum absolute atomic E-state index is 11.4. The Morgan fingerprint density at radius 2 is 2.14 bits per heavy atom. The molecular formula is C11H20NO2. The lowest BCUT2D eigenvalue weighted by atomic mass is 9.95. The second-order valence-electron chi connectivity index (χ2n) is 3.83. The average molecular weight is 198 g/mol. The van der Waals surface area contributed by atoms with Gasteiger partial charge in [0.05, 0.1) is 6.61 Å². The van der Waals surface area contributed by atoms with Gasteiger partial charge in [0.2, 0.25) is 0 Å². The molecule has 1 saturated heterocycles. The molecule has 0 atom stereocenters. The van der Waals surface area contributed by atoms with Gasteiger partial charge in [0.15, 0.2) is 0 Å². The zero-order chi connectivity index (χ0) is 10.4. The number of carbonyl (C=O) groups excluding carboxylic acids is 1. The van der Waals surface area contributed by atoms with Crippen molar-refractivity contribution in [3.8, 4) is 0 Å². The van der Waals surface area contributed by atoms with Crippen LogP contribution in [0.4, 0.5) is 4.79 Å². The van der Waals surface area contributed by atoms with Crippen LogP contribution in [0.1, 0.15) is 32.6 Å². The molecule has 0 unspecified atom stereocenters. The molecular weight excluding hydrogens is 178 g/mol. The van der Waals surface area contributed by atoms with Gasteiger partial charge in [-0.2, -0.15) is 0 Å². The smallest absolute Gasteiger partial charge is 0.409 e. The maximum atomic E-state index is 11.4. The molecule has 1 amide bonds. The van der Waals surface area contributed by atoms with Crippen molar-refractivity contribution in [2.24, 2.45) is 5.92 Å². The number of hydrogen-bond donors (Lipinski definition) is 0. The van der Waals surface area contributed by atoms with Crippen LogP contribution in [-0.4, -0.2) is 30.7 Å². The lowest BCUT2D eigenvalue weighted by molar-refractivity contribution is 0.0879. The summed E-state index contributed by atoms with van der Waals surface area (Å²) in [5, 5.41) is 0. The Morgan fingerprint density at radius 3 is 2.64 bits per heavy atom. The molecule has 0 bridgehead atoms. The van der Waals surface area contributed by atoms with Gasteiger partial charge in [-0.05, 0) is 25.2 Å². The van der Waals surface area contributed by atoms with Crippen molar-refractivity contribution in [1.82, 2.24) is 4.90 Å². The van der Waals surface area contributed by atoms with Crippen molar-refractivity contribution in [2.45, 2.75) is 32.6 Å². The standard InChI is InChI=1S/C11H20NO2/c1-3-9-14-11(13)12-7-5-10(4-2)6-8-12/h10H,2-9H2,1H3. The highest BCUT2D eigenvalue weighted by atomic mass is 16.6. The average Bonchev–Trinajstić information content (AvgIpc) is 2.26. The van der Waals surface area contributed by atoms with E-state index in [2.05, 4.69) is 6.92 Å². The van der Waals surface area contributed by atoms with Crippen LogP contribution in [0, 0.1) is 12.8 Å². The molecule has 0 N–H and O–H groups in total. The number of rotatable bonds is 3. The summed E-state index contributed by atoms with van der Waals surface area (Å²) < 4.78 is 5.07. The minimum absolute atomic E-state index is 0.144. The van der Waals surface area contributed by atoms with E-state index in [9.17, 15) is 4.79 Å². The van der Waals surface area contributed by atoms with Crippen molar-refractivity contribution >= 4 is 6.09 Å². The summed E-state index contributed by atoms with van der Waals surface area (Å²) in [6.45, 7) is 8.10. The fourth-order valence-corrected chi connectivity index (χ4v) is 1.68. The van der Waals surface area contributed by atoms with E-state index in [1.165, 1.54) is 0 Å². The number of amides is 1. The third-order valence-corrected chi connectivity index (χ3v) is 2.71. The first-order chi connectivity index (χ1) is 6.77. The quantitative estimate of drug-likeness (QED) is 0.697. The van der Waals surface area contributed by atoms with Crippen LogP contribution in [0.2, 0.25) is 0 Å². The molecule has 0 aliphatic carbocycles. The van der Waals surface area contributed by atoms with Crippen LogP contribution in [0.5, 0.6) is 0 Å². The van der Waals surface area contributed by atoms with E-state index in [0.29, 0.717) is 12.5 Å². The van der Waals surface area contributed by atoms with Crippen molar-refractivity contribution < 1.29 is 9.53 Å². The molecule has 1 heterocycles. The lowest BCUT2D eigenvalue weighted by Gasteiger charge is -2.30. The minimum atomic E-state index is -0.144. The highest BCUT2D eigenvalue weighted by Gasteiger charge is 2.22. The van der Waals surface area contributed by atoms with Crippen LogP contribution >= 0.6 is 0 Å². The molecule has 1 fully saturated rings. The lowest BCUT2D eigenvalue weighted by Crippen LogP contribution is -2.38. The summed E-state index contributed by atoms with van der Waals surface area (Å²) in [7, 11) is 0. The van der Waals surface area contributed by atoms with Gasteiger partial charge in [0, 0.05) is 13.1 Å². The van der Waals surface area contributed by atoms with Crippen LogP contribution in [0.15, 0.2) is 0 Å². The number of ether oxygens (including phenoxy) is 1. The molecule has 14 heavy (non-hydrogen) atoms. The Hall–Kier alpha value is -0.730. The van der Waals surface area contributed by atoms with Gasteiger partial charge in [-0.15, -0.1) is 0 Å². The van der Waals surface area contributed by atoms with E-state index >= 15 is 0 Å². The maximum Gasteiger partial charge on any atom is 0.409 e. The SMILES string of the molecule is [CH2]CC1CCN(C(=O)OCCC)CC1. The summed E-state index contributed by atoms with van der Waals surface area (Å²) in [6, 6.07) is 0. The van der Waals surface area contributed by atoms with E-state index in [1.807, 2.05) is 11.8 Å². The second kappa shape index (κ2) is 5.89. The first kappa shape index (κ1) is 11.3. The normalized spacial score (nSPS) is 18.3. The molecule has 0 saturated carbocycles. The third kappa shape index (κ3) is 3.20. The predicted molar refractivity (Wildman–Crippen MR) is 55.9 cm³/mol. The van der Waals surface area contributed by atoms with E-state index < -0.39 is 0 Å². The zero-order valence-electron chi connectivity index (χ0n) is 9.00.